The molecule has 6 heteroatoms. The second kappa shape index (κ2) is 10.3. The summed E-state index contributed by atoms with van der Waals surface area (Å²) in [6.45, 7) is 6.09. The first-order valence-corrected chi connectivity index (χ1v) is 11.3. The van der Waals surface area contributed by atoms with Crippen molar-refractivity contribution in [2.24, 2.45) is 0 Å². The summed E-state index contributed by atoms with van der Waals surface area (Å²) in [5.41, 5.74) is 4.72. The van der Waals surface area contributed by atoms with Crippen molar-refractivity contribution in [1.82, 2.24) is 10.2 Å². The number of benzene rings is 2. The molecule has 0 atom stereocenters. The van der Waals surface area contributed by atoms with Gasteiger partial charge < -0.3 is 15.0 Å². The number of amides is 1. The number of aromatic nitrogens is 2. The molecule has 0 unspecified atom stereocenters. The normalized spacial score (nSPS) is 14.0. The zero-order chi connectivity index (χ0) is 22.3. The van der Waals surface area contributed by atoms with E-state index >= 15 is 0 Å². The maximum atomic E-state index is 12.3. The molecule has 1 fully saturated rings. The van der Waals surface area contributed by atoms with E-state index in [0.29, 0.717) is 5.75 Å². The van der Waals surface area contributed by atoms with Crippen LogP contribution in [0.15, 0.2) is 54.6 Å². The Balaban J connectivity index is 1.32. The van der Waals surface area contributed by atoms with Crippen molar-refractivity contribution >= 4 is 17.4 Å². The Morgan fingerprint density at radius 1 is 0.906 bits per heavy atom. The fraction of sp³-hybridized carbons (Fsp3) is 0.346. The van der Waals surface area contributed by atoms with Crippen molar-refractivity contribution < 1.29 is 9.53 Å². The number of rotatable bonds is 6. The van der Waals surface area contributed by atoms with Gasteiger partial charge in [0.25, 0.3) is 5.91 Å². The number of ether oxygens (including phenoxy) is 1. The predicted octanol–water partition coefficient (Wildman–Crippen LogP) is 5.16. The maximum Gasteiger partial charge on any atom is 0.262 e. The third-order valence-corrected chi connectivity index (χ3v) is 5.61. The van der Waals surface area contributed by atoms with Gasteiger partial charge in [-0.2, -0.15) is 0 Å². The van der Waals surface area contributed by atoms with Gasteiger partial charge in [0.1, 0.15) is 5.75 Å². The van der Waals surface area contributed by atoms with Crippen LogP contribution in [0, 0.1) is 13.8 Å². The third-order valence-electron chi connectivity index (χ3n) is 5.61. The smallest absolute Gasteiger partial charge is 0.262 e. The van der Waals surface area contributed by atoms with E-state index < -0.39 is 0 Å². The molecule has 1 saturated heterocycles. The van der Waals surface area contributed by atoms with E-state index in [2.05, 4.69) is 26.5 Å². The van der Waals surface area contributed by atoms with Gasteiger partial charge in [0, 0.05) is 24.3 Å². The van der Waals surface area contributed by atoms with Crippen LogP contribution < -0.4 is 15.0 Å². The summed E-state index contributed by atoms with van der Waals surface area (Å²) in [4.78, 5) is 14.6. The van der Waals surface area contributed by atoms with Crippen molar-refractivity contribution in [3.05, 3.63) is 65.7 Å². The molecule has 4 rings (SSSR count). The predicted molar refractivity (Wildman–Crippen MR) is 128 cm³/mol. The van der Waals surface area contributed by atoms with E-state index in [1.54, 1.807) is 0 Å². The van der Waals surface area contributed by atoms with Gasteiger partial charge in [0.05, 0.1) is 5.69 Å². The van der Waals surface area contributed by atoms with Gasteiger partial charge in [-0.25, -0.2) is 0 Å². The highest BCUT2D eigenvalue weighted by Gasteiger charge is 2.12. The highest BCUT2D eigenvalue weighted by molar-refractivity contribution is 5.92. The Morgan fingerprint density at radius 3 is 2.22 bits per heavy atom. The van der Waals surface area contributed by atoms with Crippen LogP contribution in [0.1, 0.15) is 36.8 Å². The number of nitrogens with zero attached hydrogens (tertiary/aromatic N) is 3. The average molecular weight is 431 g/mol. The van der Waals surface area contributed by atoms with Gasteiger partial charge >= 0.3 is 0 Å². The van der Waals surface area contributed by atoms with Gasteiger partial charge in [-0.3, -0.25) is 4.79 Å². The minimum absolute atomic E-state index is 0.0336. The number of carbonyl (C=O) groups excluding carboxylic acids is 1. The van der Waals surface area contributed by atoms with Crippen molar-refractivity contribution in [3.63, 3.8) is 0 Å². The summed E-state index contributed by atoms with van der Waals surface area (Å²) in [5.74, 6) is 1.46. The quantitative estimate of drug-likeness (QED) is 0.585. The molecule has 0 radical (unpaired) electrons. The maximum absolute atomic E-state index is 12.3. The summed E-state index contributed by atoms with van der Waals surface area (Å²) in [6, 6.07) is 17.6. The van der Waals surface area contributed by atoms with Gasteiger partial charge in [-0.1, -0.05) is 31.0 Å². The van der Waals surface area contributed by atoms with Crippen molar-refractivity contribution in [2.75, 3.05) is 29.9 Å². The minimum Gasteiger partial charge on any atom is -0.484 e. The first-order valence-electron chi connectivity index (χ1n) is 11.3. The number of nitrogens with one attached hydrogen (secondary N) is 1. The number of anilines is 2. The standard InChI is InChI=1S/C26H30N4O2/c1-19-15-20(2)17-23(16-19)32-18-26(31)27-22-9-7-21(8-10-22)24-11-12-25(29-28-24)30-13-5-3-4-6-14-30/h7-12,15-17H,3-6,13-14,18H2,1-2H3,(H,27,31). The monoisotopic (exact) mass is 430 g/mol. The molecule has 1 aliphatic rings. The fourth-order valence-electron chi connectivity index (χ4n) is 4.03. The second-order valence-electron chi connectivity index (χ2n) is 8.42. The molecule has 6 nitrogen and oxygen atoms in total. The first kappa shape index (κ1) is 21.8. The molecule has 0 bridgehead atoms. The van der Waals surface area contributed by atoms with Crippen LogP contribution in [0.5, 0.6) is 5.75 Å². The Labute approximate surface area is 189 Å². The third kappa shape index (κ3) is 5.84. The molecule has 2 aromatic carbocycles. The van der Waals surface area contributed by atoms with Crippen molar-refractivity contribution in [3.8, 4) is 17.0 Å². The SMILES string of the molecule is Cc1cc(C)cc(OCC(=O)Nc2ccc(-c3ccc(N4CCCCCC4)nn3)cc2)c1. The summed E-state index contributed by atoms with van der Waals surface area (Å²) >= 11 is 0. The Bertz CT molecular complexity index is 1020. The Morgan fingerprint density at radius 2 is 1.59 bits per heavy atom. The summed E-state index contributed by atoms with van der Waals surface area (Å²) in [6.07, 6.45) is 5.02. The molecule has 0 saturated carbocycles. The topological polar surface area (TPSA) is 67.3 Å². The van der Waals surface area contributed by atoms with Crippen LogP contribution >= 0.6 is 0 Å². The van der Waals surface area contributed by atoms with Gasteiger partial charge in [0.2, 0.25) is 0 Å². The van der Waals surface area contributed by atoms with E-state index in [-0.39, 0.29) is 12.5 Å². The summed E-state index contributed by atoms with van der Waals surface area (Å²) < 4.78 is 5.63. The number of hydrogen-bond donors (Lipinski definition) is 1. The lowest BCUT2D eigenvalue weighted by Gasteiger charge is -2.20. The Hall–Kier alpha value is -3.41. The molecule has 1 aromatic heterocycles. The van der Waals surface area contributed by atoms with E-state index in [9.17, 15) is 4.79 Å². The molecule has 2 heterocycles. The van der Waals surface area contributed by atoms with E-state index in [4.69, 9.17) is 4.74 Å². The summed E-state index contributed by atoms with van der Waals surface area (Å²) in [7, 11) is 0. The molecule has 0 aliphatic carbocycles. The zero-order valence-corrected chi connectivity index (χ0v) is 18.8. The summed E-state index contributed by atoms with van der Waals surface area (Å²) in [5, 5.41) is 11.7. The lowest BCUT2D eigenvalue weighted by molar-refractivity contribution is -0.118. The Kier molecular flexibility index (Phi) is 7.00. The van der Waals surface area contributed by atoms with Crippen LogP contribution in [-0.2, 0) is 4.79 Å². The van der Waals surface area contributed by atoms with Crippen LogP contribution in [0.4, 0.5) is 11.5 Å². The molecule has 32 heavy (non-hydrogen) atoms. The van der Waals surface area contributed by atoms with Crippen LogP contribution in [0.2, 0.25) is 0 Å². The molecular formula is C26H30N4O2. The zero-order valence-electron chi connectivity index (χ0n) is 18.8. The molecule has 1 N–H and O–H groups in total. The molecule has 1 amide bonds. The minimum atomic E-state index is -0.196. The number of hydrogen-bond acceptors (Lipinski definition) is 5. The van der Waals surface area contributed by atoms with E-state index in [1.165, 1.54) is 25.7 Å². The van der Waals surface area contributed by atoms with Crippen molar-refractivity contribution in [1.29, 1.82) is 0 Å². The van der Waals surface area contributed by atoms with Crippen LogP contribution in [0.25, 0.3) is 11.3 Å². The lowest BCUT2D eigenvalue weighted by Crippen LogP contribution is -2.25. The van der Waals surface area contributed by atoms with Gasteiger partial charge in [-0.15, -0.1) is 10.2 Å². The number of aryl methyl sites for hydroxylation is 2. The van der Waals surface area contributed by atoms with E-state index in [1.807, 2.05) is 62.4 Å². The molecule has 166 valence electrons. The number of carbonyl (C=O) groups is 1. The molecule has 3 aromatic rings. The molecule has 1 aliphatic heterocycles. The van der Waals surface area contributed by atoms with Crippen molar-refractivity contribution in [2.45, 2.75) is 39.5 Å². The fourth-order valence-corrected chi connectivity index (χ4v) is 4.03. The first-order chi connectivity index (χ1) is 15.6. The van der Waals surface area contributed by atoms with Crippen LogP contribution in [-0.4, -0.2) is 35.8 Å². The second-order valence-corrected chi connectivity index (χ2v) is 8.42. The van der Waals surface area contributed by atoms with Gasteiger partial charge in [-0.05, 0) is 74.2 Å². The van der Waals surface area contributed by atoms with Gasteiger partial charge in [0.15, 0.2) is 12.4 Å². The van der Waals surface area contributed by atoms with Crippen LogP contribution in [0.3, 0.4) is 0 Å². The largest absolute Gasteiger partial charge is 0.484 e. The molecule has 0 spiro atoms. The lowest BCUT2D eigenvalue weighted by atomic mass is 10.1. The highest BCUT2D eigenvalue weighted by atomic mass is 16.5. The molecular weight excluding hydrogens is 400 g/mol. The van der Waals surface area contributed by atoms with E-state index in [0.717, 1.165) is 47.0 Å². The highest BCUT2D eigenvalue weighted by Crippen LogP contribution is 2.22. The average Bonchev–Trinajstić information content (AvgIpc) is 3.08.